The Hall–Kier alpha value is -3.19. The van der Waals surface area contributed by atoms with Crippen molar-refractivity contribution in [3.8, 4) is 0 Å². The van der Waals surface area contributed by atoms with Gasteiger partial charge in [0.25, 0.3) is 0 Å². The Kier molecular flexibility index (Phi) is 4.09. The molecule has 0 spiro atoms. The molecule has 5 rings (SSSR count). The third-order valence-electron chi connectivity index (χ3n) is 5.45. The maximum absolute atomic E-state index is 12.7. The van der Waals surface area contributed by atoms with Crippen molar-refractivity contribution < 1.29 is 0 Å². The minimum absolute atomic E-state index is 0.190. The second-order valence-electron chi connectivity index (χ2n) is 7.41. The van der Waals surface area contributed by atoms with E-state index in [1.165, 1.54) is 18.4 Å². The molecule has 0 atom stereocenters. The number of pyridine rings is 2. The first kappa shape index (κ1) is 16.9. The Balaban J connectivity index is 1.57. The molecule has 7 nitrogen and oxygen atoms in total. The van der Waals surface area contributed by atoms with Gasteiger partial charge in [0.2, 0.25) is 0 Å². The lowest BCUT2D eigenvalue weighted by atomic mass is 10.1. The van der Waals surface area contributed by atoms with Crippen LogP contribution in [0.2, 0.25) is 0 Å². The van der Waals surface area contributed by atoms with Gasteiger partial charge in [0.15, 0.2) is 11.5 Å². The topological polar surface area (TPSA) is 92.8 Å². The number of nitrogens with one attached hydrogen (secondary N) is 1. The lowest BCUT2D eigenvalue weighted by Crippen LogP contribution is -2.19. The van der Waals surface area contributed by atoms with Crippen LogP contribution in [0, 0.1) is 0 Å². The Morgan fingerprint density at radius 3 is 2.68 bits per heavy atom. The van der Waals surface area contributed by atoms with Crippen LogP contribution in [0.4, 0.5) is 5.82 Å². The van der Waals surface area contributed by atoms with Crippen molar-refractivity contribution in [3.05, 3.63) is 64.2 Å². The zero-order valence-electron chi connectivity index (χ0n) is 15.6. The molecule has 7 heteroatoms. The van der Waals surface area contributed by atoms with Crippen molar-refractivity contribution in [2.24, 2.45) is 0 Å². The van der Waals surface area contributed by atoms with Crippen LogP contribution in [0.5, 0.6) is 0 Å². The molecule has 0 unspecified atom stereocenters. The number of imidazole rings is 1. The molecular formula is C21H22N6O. The second-order valence-corrected chi connectivity index (χ2v) is 7.41. The van der Waals surface area contributed by atoms with Gasteiger partial charge in [-0.1, -0.05) is 24.3 Å². The van der Waals surface area contributed by atoms with E-state index in [0.29, 0.717) is 23.5 Å². The van der Waals surface area contributed by atoms with Gasteiger partial charge >= 0.3 is 5.69 Å². The van der Waals surface area contributed by atoms with Gasteiger partial charge < -0.3 is 10.7 Å². The number of hydrogen-bond acceptors (Lipinski definition) is 5. The van der Waals surface area contributed by atoms with E-state index in [2.05, 4.69) is 44.1 Å². The van der Waals surface area contributed by atoms with Gasteiger partial charge in [-0.05, 0) is 49.2 Å². The van der Waals surface area contributed by atoms with Crippen molar-refractivity contribution in [1.82, 2.24) is 24.4 Å². The summed E-state index contributed by atoms with van der Waals surface area (Å²) in [4.78, 5) is 26.6. The fourth-order valence-corrected chi connectivity index (χ4v) is 4.14. The minimum atomic E-state index is -0.190. The number of nitrogens with two attached hydrogens (primary N) is 1. The molecule has 1 fully saturated rings. The van der Waals surface area contributed by atoms with E-state index < -0.39 is 0 Å². The highest BCUT2D eigenvalue weighted by Gasteiger charge is 2.16. The summed E-state index contributed by atoms with van der Waals surface area (Å²) in [6.45, 7) is 3.76. The molecule has 0 aliphatic carbocycles. The minimum Gasteiger partial charge on any atom is -0.382 e. The Morgan fingerprint density at radius 2 is 1.86 bits per heavy atom. The smallest absolute Gasteiger partial charge is 0.326 e. The summed E-state index contributed by atoms with van der Waals surface area (Å²) < 4.78 is 1.73. The molecule has 142 valence electrons. The molecule has 0 bridgehead atoms. The van der Waals surface area contributed by atoms with Crippen molar-refractivity contribution >= 4 is 27.9 Å². The molecule has 1 aliphatic heterocycles. The molecule has 1 aromatic carbocycles. The maximum Gasteiger partial charge on any atom is 0.326 e. The molecule has 28 heavy (non-hydrogen) atoms. The Labute approximate surface area is 161 Å². The van der Waals surface area contributed by atoms with E-state index in [4.69, 9.17) is 5.73 Å². The number of anilines is 1. The van der Waals surface area contributed by atoms with Crippen LogP contribution in [0.25, 0.3) is 22.1 Å². The number of hydrogen-bond donors (Lipinski definition) is 2. The Bertz CT molecular complexity index is 1220. The van der Waals surface area contributed by atoms with E-state index in [0.717, 1.165) is 36.1 Å². The molecule has 0 saturated carbocycles. The van der Waals surface area contributed by atoms with Crippen LogP contribution in [0.3, 0.4) is 0 Å². The van der Waals surface area contributed by atoms with Crippen molar-refractivity contribution in [1.29, 1.82) is 0 Å². The molecule has 4 heterocycles. The van der Waals surface area contributed by atoms with Gasteiger partial charge in [-0.15, -0.1) is 0 Å². The van der Waals surface area contributed by atoms with E-state index in [9.17, 15) is 4.79 Å². The summed E-state index contributed by atoms with van der Waals surface area (Å²) >= 11 is 0. The average Bonchev–Trinajstić information content (AvgIpc) is 3.31. The second kappa shape index (κ2) is 6.76. The maximum atomic E-state index is 12.7. The first-order chi connectivity index (χ1) is 13.7. The summed E-state index contributed by atoms with van der Waals surface area (Å²) in [6, 6.07) is 12.2. The Morgan fingerprint density at radius 1 is 1.07 bits per heavy atom. The van der Waals surface area contributed by atoms with Gasteiger partial charge in [-0.25, -0.2) is 14.8 Å². The molecule has 0 radical (unpaired) electrons. The van der Waals surface area contributed by atoms with Crippen molar-refractivity contribution in [3.63, 3.8) is 0 Å². The standard InChI is InChI=1S/C21H22N6O/c22-19-17-18(16-7-4-8-23-20(16)25-19)27(21(28)24-17)13-15-6-3-5-14(11-15)12-26-9-1-2-10-26/h3-8,11H,1-2,9-10,12-13H2,(H,24,28)(H2,22,23,25). The molecular weight excluding hydrogens is 352 g/mol. The zero-order chi connectivity index (χ0) is 19.1. The highest BCUT2D eigenvalue weighted by molar-refractivity contribution is 6.05. The molecule has 3 N–H and O–H groups in total. The zero-order valence-corrected chi connectivity index (χ0v) is 15.6. The van der Waals surface area contributed by atoms with Gasteiger partial charge in [0, 0.05) is 18.1 Å². The predicted molar refractivity (Wildman–Crippen MR) is 110 cm³/mol. The fourth-order valence-electron chi connectivity index (χ4n) is 4.14. The number of benzene rings is 1. The fraction of sp³-hybridized carbons (Fsp3) is 0.286. The summed E-state index contributed by atoms with van der Waals surface area (Å²) in [5.74, 6) is 0.292. The quantitative estimate of drug-likeness (QED) is 0.572. The largest absolute Gasteiger partial charge is 0.382 e. The number of aromatic amines is 1. The van der Waals surface area contributed by atoms with E-state index in [1.54, 1.807) is 10.8 Å². The summed E-state index contributed by atoms with van der Waals surface area (Å²) in [5, 5.41) is 0.818. The van der Waals surface area contributed by atoms with Gasteiger partial charge in [-0.2, -0.15) is 0 Å². The van der Waals surface area contributed by atoms with Crippen LogP contribution < -0.4 is 11.4 Å². The van der Waals surface area contributed by atoms with Crippen LogP contribution in [-0.2, 0) is 13.1 Å². The number of likely N-dealkylation sites (tertiary alicyclic amines) is 1. The first-order valence-corrected chi connectivity index (χ1v) is 9.62. The number of nitrogens with zero attached hydrogens (tertiary/aromatic N) is 4. The van der Waals surface area contributed by atoms with Crippen molar-refractivity contribution in [2.45, 2.75) is 25.9 Å². The number of nitrogen functional groups attached to an aromatic ring is 1. The van der Waals surface area contributed by atoms with Crippen molar-refractivity contribution in [2.75, 3.05) is 18.8 Å². The molecule has 1 aliphatic rings. The number of rotatable bonds is 4. The molecule has 0 amide bonds. The molecule has 4 aromatic rings. The molecule has 1 saturated heterocycles. The van der Waals surface area contributed by atoms with E-state index in [1.807, 2.05) is 12.1 Å². The third-order valence-corrected chi connectivity index (χ3v) is 5.45. The summed E-state index contributed by atoms with van der Waals surface area (Å²) in [6.07, 6.45) is 4.24. The highest BCUT2D eigenvalue weighted by Crippen LogP contribution is 2.25. The van der Waals surface area contributed by atoms with Crippen LogP contribution in [0.1, 0.15) is 24.0 Å². The predicted octanol–water partition coefficient (Wildman–Crippen LogP) is 2.50. The molecule has 3 aromatic heterocycles. The summed E-state index contributed by atoms with van der Waals surface area (Å²) in [7, 11) is 0. The summed E-state index contributed by atoms with van der Waals surface area (Å²) in [5.41, 5.74) is 10.1. The number of H-pyrrole nitrogens is 1. The lowest BCUT2D eigenvalue weighted by Gasteiger charge is -2.15. The van der Waals surface area contributed by atoms with Crippen LogP contribution >= 0.6 is 0 Å². The lowest BCUT2D eigenvalue weighted by molar-refractivity contribution is 0.331. The van der Waals surface area contributed by atoms with Crippen LogP contribution in [-0.4, -0.2) is 37.5 Å². The van der Waals surface area contributed by atoms with E-state index >= 15 is 0 Å². The number of aromatic nitrogens is 4. The van der Waals surface area contributed by atoms with Gasteiger partial charge in [-0.3, -0.25) is 9.47 Å². The van der Waals surface area contributed by atoms with E-state index in [-0.39, 0.29) is 5.69 Å². The normalized spacial score (nSPS) is 15.0. The number of fused-ring (bicyclic) bond motifs is 3. The van der Waals surface area contributed by atoms with Crippen LogP contribution in [0.15, 0.2) is 47.4 Å². The van der Waals surface area contributed by atoms with Gasteiger partial charge in [0.1, 0.15) is 5.52 Å². The van der Waals surface area contributed by atoms with Gasteiger partial charge in [0.05, 0.1) is 12.1 Å². The first-order valence-electron chi connectivity index (χ1n) is 9.62. The highest BCUT2D eigenvalue weighted by atomic mass is 16.1. The SMILES string of the molecule is Nc1nc2ncccc2c2c1[nH]c(=O)n2Cc1cccc(CN2CCCC2)c1. The third kappa shape index (κ3) is 2.93. The monoisotopic (exact) mass is 374 g/mol. The average molecular weight is 374 g/mol.